The summed E-state index contributed by atoms with van der Waals surface area (Å²) in [4.78, 5) is -1.66. The lowest BCUT2D eigenvalue weighted by Crippen LogP contribution is -2.15. The van der Waals surface area contributed by atoms with E-state index < -0.39 is 11.0 Å². The molecule has 0 bridgehead atoms. The Hall–Kier alpha value is -0.220. The normalized spacial score (nSPS) is 14.0. The minimum atomic E-state index is -4.29. The van der Waals surface area contributed by atoms with E-state index in [1.54, 1.807) is 6.07 Å². The molecule has 0 nitrogen and oxygen atoms in total. The molecule has 0 aliphatic rings. The molecule has 1 aromatic carbocycles. The third-order valence-corrected chi connectivity index (χ3v) is 3.44. The SMILES string of the molecule is CCc1ccc(C(Br)C(F)(F)F)cc1Cl. The summed E-state index contributed by atoms with van der Waals surface area (Å²) < 4.78 is 37.1. The maximum Gasteiger partial charge on any atom is 0.405 e. The fraction of sp³-hybridized carbons (Fsp3) is 0.400. The topological polar surface area (TPSA) is 0 Å². The number of aryl methyl sites for hydroxylation is 1. The summed E-state index contributed by atoms with van der Waals surface area (Å²) in [5, 5.41) is 0.378. The van der Waals surface area contributed by atoms with Crippen molar-refractivity contribution in [3.63, 3.8) is 0 Å². The zero-order chi connectivity index (χ0) is 11.6. The minimum absolute atomic E-state index is 0.129. The maximum absolute atomic E-state index is 12.4. The highest BCUT2D eigenvalue weighted by molar-refractivity contribution is 9.09. The van der Waals surface area contributed by atoms with Crippen molar-refractivity contribution < 1.29 is 13.2 Å². The summed E-state index contributed by atoms with van der Waals surface area (Å²) in [6, 6.07) is 4.42. The molecule has 0 aliphatic carbocycles. The van der Waals surface area contributed by atoms with Gasteiger partial charge in [0.25, 0.3) is 0 Å². The van der Waals surface area contributed by atoms with Gasteiger partial charge in [0.2, 0.25) is 0 Å². The van der Waals surface area contributed by atoms with Crippen LogP contribution in [0.25, 0.3) is 0 Å². The third-order valence-electron chi connectivity index (χ3n) is 2.04. The second-order valence-electron chi connectivity index (χ2n) is 3.11. The van der Waals surface area contributed by atoms with Crippen molar-refractivity contribution >= 4 is 27.5 Å². The van der Waals surface area contributed by atoms with Gasteiger partial charge in [-0.3, -0.25) is 0 Å². The predicted molar refractivity (Wildman–Crippen MR) is 58.6 cm³/mol. The molecule has 0 saturated carbocycles. The Morgan fingerprint density at radius 1 is 1.40 bits per heavy atom. The van der Waals surface area contributed by atoms with Gasteiger partial charge in [-0.1, -0.05) is 46.6 Å². The summed E-state index contributed by atoms with van der Waals surface area (Å²) in [7, 11) is 0. The van der Waals surface area contributed by atoms with Gasteiger partial charge in [0.15, 0.2) is 0 Å². The Morgan fingerprint density at radius 2 is 2.00 bits per heavy atom. The second-order valence-corrected chi connectivity index (χ2v) is 4.43. The first-order valence-corrected chi connectivity index (χ1v) is 5.64. The molecule has 0 heterocycles. The average molecular weight is 302 g/mol. The molecule has 0 radical (unpaired) electrons. The van der Waals surface area contributed by atoms with Gasteiger partial charge in [-0.05, 0) is 23.6 Å². The van der Waals surface area contributed by atoms with Crippen LogP contribution >= 0.6 is 27.5 Å². The molecule has 84 valence electrons. The number of halogens is 5. The Bertz CT molecular complexity index is 349. The van der Waals surface area contributed by atoms with E-state index in [9.17, 15) is 13.2 Å². The third kappa shape index (κ3) is 3.11. The molecule has 0 N–H and O–H groups in total. The Kier molecular flexibility index (Phi) is 4.06. The number of hydrogen-bond acceptors (Lipinski definition) is 0. The first-order chi connectivity index (χ1) is 6.86. The lowest BCUT2D eigenvalue weighted by atomic mass is 10.1. The zero-order valence-corrected chi connectivity index (χ0v) is 10.2. The Labute approximate surface area is 99.6 Å². The highest BCUT2D eigenvalue weighted by Crippen LogP contribution is 2.40. The molecule has 1 aromatic rings. The van der Waals surface area contributed by atoms with Crippen molar-refractivity contribution in [3.05, 3.63) is 34.3 Å². The van der Waals surface area contributed by atoms with Gasteiger partial charge in [-0.15, -0.1) is 0 Å². The molecule has 0 spiro atoms. The molecule has 1 atom stereocenters. The van der Waals surface area contributed by atoms with E-state index in [2.05, 4.69) is 15.9 Å². The molecular formula is C10H9BrClF3. The molecule has 1 rings (SSSR count). The molecular weight excluding hydrogens is 292 g/mol. The Morgan fingerprint density at radius 3 is 2.40 bits per heavy atom. The van der Waals surface area contributed by atoms with Gasteiger partial charge in [0.05, 0.1) is 0 Å². The summed E-state index contributed by atoms with van der Waals surface area (Å²) in [5.41, 5.74) is 0.979. The zero-order valence-electron chi connectivity index (χ0n) is 7.91. The molecule has 15 heavy (non-hydrogen) atoms. The van der Waals surface area contributed by atoms with Crippen LogP contribution in [-0.2, 0) is 6.42 Å². The molecule has 0 amide bonds. The van der Waals surface area contributed by atoms with Crippen LogP contribution < -0.4 is 0 Å². The number of alkyl halides is 4. The van der Waals surface area contributed by atoms with Gasteiger partial charge >= 0.3 is 6.18 Å². The molecule has 0 aromatic heterocycles. The number of benzene rings is 1. The Balaban J connectivity index is 3.02. The first kappa shape index (κ1) is 12.8. The van der Waals surface area contributed by atoms with Crippen molar-refractivity contribution in [2.24, 2.45) is 0 Å². The molecule has 0 aliphatic heterocycles. The highest BCUT2D eigenvalue weighted by atomic mass is 79.9. The summed E-state index contributed by atoms with van der Waals surface area (Å²) in [6.45, 7) is 1.90. The summed E-state index contributed by atoms with van der Waals surface area (Å²) in [6.07, 6.45) is -3.59. The highest BCUT2D eigenvalue weighted by Gasteiger charge is 2.38. The van der Waals surface area contributed by atoms with E-state index in [-0.39, 0.29) is 5.56 Å². The van der Waals surface area contributed by atoms with Crippen LogP contribution in [0, 0.1) is 0 Å². The van der Waals surface area contributed by atoms with Crippen molar-refractivity contribution in [2.45, 2.75) is 24.3 Å². The smallest absolute Gasteiger partial charge is 0.169 e. The van der Waals surface area contributed by atoms with Gasteiger partial charge in [0.1, 0.15) is 4.83 Å². The van der Waals surface area contributed by atoms with Gasteiger partial charge in [-0.2, -0.15) is 13.2 Å². The van der Waals surface area contributed by atoms with E-state index in [0.717, 1.165) is 5.56 Å². The molecule has 0 fully saturated rings. The summed E-state index contributed by atoms with van der Waals surface area (Å²) >= 11 is 8.44. The number of rotatable bonds is 2. The van der Waals surface area contributed by atoms with E-state index in [1.807, 2.05) is 6.92 Å². The van der Waals surface area contributed by atoms with E-state index in [1.165, 1.54) is 12.1 Å². The fourth-order valence-electron chi connectivity index (χ4n) is 1.20. The molecule has 1 unspecified atom stereocenters. The van der Waals surface area contributed by atoms with Crippen LogP contribution in [0.3, 0.4) is 0 Å². The first-order valence-electron chi connectivity index (χ1n) is 4.35. The van der Waals surface area contributed by atoms with Crippen LogP contribution in [0.5, 0.6) is 0 Å². The van der Waals surface area contributed by atoms with Gasteiger partial charge < -0.3 is 0 Å². The van der Waals surface area contributed by atoms with Crippen LogP contribution in [0.4, 0.5) is 13.2 Å². The predicted octanol–water partition coefficient (Wildman–Crippen LogP) is 4.90. The van der Waals surface area contributed by atoms with Crippen LogP contribution in [0.15, 0.2) is 18.2 Å². The van der Waals surface area contributed by atoms with Crippen molar-refractivity contribution in [1.82, 2.24) is 0 Å². The van der Waals surface area contributed by atoms with Gasteiger partial charge in [-0.25, -0.2) is 0 Å². The summed E-state index contributed by atoms with van der Waals surface area (Å²) in [5.74, 6) is 0. The standard InChI is InChI=1S/C10H9BrClF3/c1-2-6-3-4-7(5-8(6)12)9(11)10(13,14)15/h3-5,9H,2H2,1H3. The number of hydrogen-bond donors (Lipinski definition) is 0. The lowest BCUT2D eigenvalue weighted by molar-refractivity contribution is -0.128. The largest absolute Gasteiger partial charge is 0.405 e. The van der Waals surface area contributed by atoms with Gasteiger partial charge in [0, 0.05) is 5.02 Å². The quantitative estimate of drug-likeness (QED) is 0.682. The van der Waals surface area contributed by atoms with Crippen LogP contribution in [0.2, 0.25) is 5.02 Å². The van der Waals surface area contributed by atoms with Crippen molar-refractivity contribution in [3.8, 4) is 0 Å². The van der Waals surface area contributed by atoms with Crippen molar-refractivity contribution in [1.29, 1.82) is 0 Å². The second kappa shape index (κ2) is 4.74. The monoisotopic (exact) mass is 300 g/mol. The van der Waals surface area contributed by atoms with Crippen molar-refractivity contribution in [2.75, 3.05) is 0 Å². The molecule has 5 heteroatoms. The average Bonchev–Trinajstić information content (AvgIpc) is 2.15. The van der Waals surface area contributed by atoms with E-state index >= 15 is 0 Å². The van der Waals surface area contributed by atoms with E-state index in [4.69, 9.17) is 11.6 Å². The van der Waals surface area contributed by atoms with Crippen LogP contribution in [-0.4, -0.2) is 6.18 Å². The minimum Gasteiger partial charge on any atom is -0.169 e. The van der Waals surface area contributed by atoms with E-state index in [0.29, 0.717) is 11.4 Å². The molecule has 0 saturated heterocycles. The lowest BCUT2D eigenvalue weighted by Gasteiger charge is -2.15. The van der Waals surface area contributed by atoms with Crippen LogP contribution in [0.1, 0.15) is 22.9 Å². The fourth-order valence-corrected chi connectivity index (χ4v) is 1.80. The maximum atomic E-state index is 12.4.